The minimum atomic E-state index is 0.310. The molecule has 23 heavy (non-hydrogen) atoms. The topological polar surface area (TPSA) is 37.4 Å². The Morgan fingerprint density at radius 1 is 1.04 bits per heavy atom. The molecule has 0 radical (unpaired) electrons. The summed E-state index contributed by atoms with van der Waals surface area (Å²) in [5, 5.41) is 3.68. The SMILES string of the molecule is C[C@@H](NC[C@H](c1ccccc1)N1CCOCC1)c1ccncc1. The molecule has 3 rings (SSSR count). The van der Waals surface area contributed by atoms with Crippen LogP contribution in [0.5, 0.6) is 0 Å². The highest BCUT2D eigenvalue weighted by Gasteiger charge is 2.22. The lowest BCUT2D eigenvalue weighted by Gasteiger charge is -2.35. The molecule has 1 saturated heterocycles. The zero-order valence-electron chi connectivity index (χ0n) is 13.7. The molecule has 0 unspecified atom stereocenters. The number of nitrogens with zero attached hydrogens (tertiary/aromatic N) is 2. The van der Waals surface area contributed by atoms with Crippen LogP contribution in [-0.4, -0.2) is 42.7 Å². The van der Waals surface area contributed by atoms with E-state index in [0.717, 1.165) is 32.8 Å². The maximum absolute atomic E-state index is 5.51. The van der Waals surface area contributed by atoms with Crippen LogP contribution in [0.2, 0.25) is 0 Å². The van der Waals surface area contributed by atoms with Crippen molar-refractivity contribution in [2.24, 2.45) is 0 Å². The van der Waals surface area contributed by atoms with Crippen LogP contribution in [0.3, 0.4) is 0 Å². The van der Waals surface area contributed by atoms with Gasteiger partial charge in [-0.1, -0.05) is 30.3 Å². The highest BCUT2D eigenvalue weighted by molar-refractivity contribution is 5.20. The summed E-state index contributed by atoms with van der Waals surface area (Å²) in [5.74, 6) is 0. The molecule has 0 spiro atoms. The van der Waals surface area contributed by atoms with Gasteiger partial charge in [0.2, 0.25) is 0 Å². The maximum atomic E-state index is 5.51. The monoisotopic (exact) mass is 311 g/mol. The van der Waals surface area contributed by atoms with E-state index in [1.807, 2.05) is 12.4 Å². The van der Waals surface area contributed by atoms with Gasteiger partial charge in [0.05, 0.1) is 13.2 Å². The summed E-state index contributed by atoms with van der Waals surface area (Å²) in [5.41, 5.74) is 2.64. The summed E-state index contributed by atoms with van der Waals surface area (Å²) in [6, 6.07) is 15.6. The van der Waals surface area contributed by atoms with Crippen LogP contribution in [-0.2, 0) is 4.74 Å². The van der Waals surface area contributed by atoms with Gasteiger partial charge in [0, 0.05) is 44.1 Å². The van der Waals surface area contributed by atoms with Gasteiger partial charge in [0.1, 0.15) is 0 Å². The zero-order valence-corrected chi connectivity index (χ0v) is 13.7. The zero-order chi connectivity index (χ0) is 15.9. The Kier molecular flexibility index (Phi) is 5.75. The third-order valence-corrected chi connectivity index (χ3v) is 4.49. The summed E-state index contributed by atoms with van der Waals surface area (Å²) in [4.78, 5) is 6.61. The standard InChI is InChI=1S/C19H25N3O/c1-16(17-7-9-20-10-8-17)21-15-19(18-5-3-2-4-6-18)22-11-13-23-14-12-22/h2-10,16,19,21H,11-15H2,1H3/t16-,19-/m1/s1. The van der Waals surface area contributed by atoms with E-state index in [2.05, 4.69) is 64.6 Å². The average molecular weight is 311 g/mol. The number of pyridine rings is 1. The van der Waals surface area contributed by atoms with Crippen molar-refractivity contribution in [3.8, 4) is 0 Å². The first-order chi connectivity index (χ1) is 11.3. The summed E-state index contributed by atoms with van der Waals surface area (Å²) < 4.78 is 5.51. The molecule has 1 fully saturated rings. The van der Waals surface area contributed by atoms with Crippen molar-refractivity contribution in [3.63, 3.8) is 0 Å². The molecular formula is C19H25N3O. The van der Waals surface area contributed by atoms with E-state index in [9.17, 15) is 0 Å². The average Bonchev–Trinajstić information content (AvgIpc) is 2.64. The molecule has 2 heterocycles. The second-order valence-electron chi connectivity index (χ2n) is 5.99. The number of rotatable bonds is 6. The van der Waals surface area contributed by atoms with Crippen molar-refractivity contribution in [3.05, 3.63) is 66.0 Å². The first kappa shape index (κ1) is 16.1. The summed E-state index contributed by atoms with van der Waals surface area (Å²) >= 11 is 0. The predicted octanol–water partition coefficient (Wildman–Crippen LogP) is 2.81. The Balaban J connectivity index is 1.68. The molecule has 1 N–H and O–H groups in total. The van der Waals surface area contributed by atoms with Gasteiger partial charge in [-0.15, -0.1) is 0 Å². The van der Waals surface area contributed by atoms with Crippen LogP contribution >= 0.6 is 0 Å². The van der Waals surface area contributed by atoms with Crippen LogP contribution < -0.4 is 5.32 Å². The molecule has 4 heteroatoms. The molecule has 1 aliphatic heterocycles. The third kappa shape index (κ3) is 4.38. The molecule has 1 aromatic heterocycles. The minimum Gasteiger partial charge on any atom is -0.379 e. The third-order valence-electron chi connectivity index (χ3n) is 4.49. The summed E-state index contributed by atoms with van der Waals surface area (Å²) in [6.07, 6.45) is 3.70. The summed E-state index contributed by atoms with van der Waals surface area (Å²) in [6.45, 7) is 6.76. The van der Waals surface area contributed by atoms with Crippen LogP contribution in [0.25, 0.3) is 0 Å². The Morgan fingerprint density at radius 3 is 2.43 bits per heavy atom. The van der Waals surface area contributed by atoms with Crippen molar-refractivity contribution in [2.45, 2.75) is 19.0 Å². The fourth-order valence-corrected chi connectivity index (χ4v) is 3.08. The lowest BCUT2D eigenvalue weighted by Crippen LogP contribution is -2.43. The minimum absolute atomic E-state index is 0.310. The highest BCUT2D eigenvalue weighted by Crippen LogP contribution is 2.22. The Bertz CT molecular complexity index is 570. The second kappa shape index (κ2) is 8.20. The molecule has 2 atom stereocenters. The van der Waals surface area contributed by atoms with Crippen LogP contribution in [0, 0.1) is 0 Å². The van der Waals surface area contributed by atoms with Gasteiger partial charge in [-0.3, -0.25) is 9.88 Å². The number of hydrogen-bond acceptors (Lipinski definition) is 4. The van der Waals surface area contributed by atoms with Crippen LogP contribution in [0.4, 0.5) is 0 Å². The molecule has 122 valence electrons. The first-order valence-corrected chi connectivity index (χ1v) is 8.34. The molecule has 0 bridgehead atoms. The van der Waals surface area contributed by atoms with Crippen molar-refractivity contribution in [1.29, 1.82) is 0 Å². The highest BCUT2D eigenvalue weighted by atomic mass is 16.5. The first-order valence-electron chi connectivity index (χ1n) is 8.34. The number of benzene rings is 1. The van der Waals surface area contributed by atoms with Crippen molar-refractivity contribution >= 4 is 0 Å². The normalized spacial score (nSPS) is 18.5. The molecular weight excluding hydrogens is 286 g/mol. The predicted molar refractivity (Wildman–Crippen MR) is 92.2 cm³/mol. The molecule has 0 aliphatic carbocycles. The van der Waals surface area contributed by atoms with E-state index in [4.69, 9.17) is 4.74 Å². The van der Waals surface area contributed by atoms with Crippen molar-refractivity contribution < 1.29 is 4.74 Å². The van der Waals surface area contributed by atoms with Gasteiger partial charge >= 0.3 is 0 Å². The van der Waals surface area contributed by atoms with Crippen molar-refractivity contribution in [1.82, 2.24) is 15.2 Å². The number of nitrogens with one attached hydrogen (secondary N) is 1. The largest absolute Gasteiger partial charge is 0.379 e. The van der Waals surface area contributed by atoms with E-state index in [-0.39, 0.29) is 0 Å². The lowest BCUT2D eigenvalue weighted by molar-refractivity contribution is 0.0157. The van der Waals surface area contributed by atoms with Gasteiger partial charge < -0.3 is 10.1 Å². The van der Waals surface area contributed by atoms with Gasteiger partial charge in [-0.2, -0.15) is 0 Å². The van der Waals surface area contributed by atoms with E-state index in [1.165, 1.54) is 11.1 Å². The quantitative estimate of drug-likeness (QED) is 0.890. The van der Waals surface area contributed by atoms with E-state index < -0.39 is 0 Å². The smallest absolute Gasteiger partial charge is 0.0594 e. The maximum Gasteiger partial charge on any atom is 0.0594 e. The van der Waals surface area contributed by atoms with Crippen LogP contribution in [0.15, 0.2) is 54.9 Å². The van der Waals surface area contributed by atoms with E-state index in [0.29, 0.717) is 12.1 Å². The van der Waals surface area contributed by atoms with E-state index in [1.54, 1.807) is 0 Å². The summed E-state index contributed by atoms with van der Waals surface area (Å²) in [7, 11) is 0. The van der Waals surface area contributed by atoms with Crippen LogP contribution in [0.1, 0.15) is 30.1 Å². The van der Waals surface area contributed by atoms with E-state index >= 15 is 0 Å². The fourth-order valence-electron chi connectivity index (χ4n) is 3.08. The molecule has 0 saturated carbocycles. The molecule has 1 aliphatic rings. The lowest BCUT2D eigenvalue weighted by atomic mass is 10.0. The number of hydrogen-bond donors (Lipinski definition) is 1. The Morgan fingerprint density at radius 2 is 1.74 bits per heavy atom. The van der Waals surface area contributed by atoms with Gasteiger partial charge in [-0.05, 0) is 30.2 Å². The molecule has 2 aromatic rings. The molecule has 4 nitrogen and oxygen atoms in total. The number of morpholine rings is 1. The second-order valence-corrected chi connectivity index (χ2v) is 5.99. The fraction of sp³-hybridized carbons (Fsp3) is 0.421. The number of aromatic nitrogens is 1. The van der Waals surface area contributed by atoms with Gasteiger partial charge in [0.25, 0.3) is 0 Å². The molecule has 1 aromatic carbocycles. The number of ether oxygens (including phenoxy) is 1. The molecule has 0 amide bonds. The Labute approximate surface area is 138 Å². The van der Waals surface area contributed by atoms with Gasteiger partial charge in [0.15, 0.2) is 0 Å². The van der Waals surface area contributed by atoms with Crippen molar-refractivity contribution in [2.75, 3.05) is 32.8 Å². The van der Waals surface area contributed by atoms with Gasteiger partial charge in [-0.25, -0.2) is 0 Å². The Hall–Kier alpha value is -1.75.